The second kappa shape index (κ2) is 12.6. The van der Waals surface area contributed by atoms with Crippen LogP contribution in [0.4, 0.5) is 0 Å². The number of halogens is 1. The van der Waals surface area contributed by atoms with E-state index in [-0.39, 0.29) is 24.0 Å². The van der Waals surface area contributed by atoms with Crippen molar-refractivity contribution in [1.82, 2.24) is 29.5 Å². The lowest BCUT2D eigenvalue weighted by Gasteiger charge is -2.22. The van der Waals surface area contributed by atoms with Crippen LogP contribution in [0.15, 0.2) is 28.5 Å². The zero-order valence-electron chi connectivity index (χ0n) is 18.7. The van der Waals surface area contributed by atoms with Gasteiger partial charge in [0.1, 0.15) is 5.82 Å². The highest BCUT2D eigenvalue weighted by molar-refractivity contribution is 14.0. The van der Waals surface area contributed by atoms with Crippen molar-refractivity contribution < 1.29 is 0 Å². The number of hydrogen-bond acceptors (Lipinski definition) is 4. The Labute approximate surface area is 202 Å². The van der Waals surface area contributed by atoms with E-state index >= 15 is 0 Å². The number of hydrogen-bond donors (Lipinski definition) is 1. The van der Waals surface area contributed by atoms with Gasteiger partial charge in [0.25, 0.3) is 0 Å². The molecule has 0 bridgehead atoms. The van der Waals surface area contributed by atoms with Gasteiger partial charge in [0.15, 0.2) is 11.1 Å². The van der Waals surface area contributed by atoms with Gasteiger partial charge in [-0.05, 0) is 44.6 Å². The van der Waals surface area contributed by atoms with Gasteiger partial charge in [-0.2, -0.15) is 0 Å². The van der Waals surface area contributed by atoms with E-state index in [4.69, 9.17) is 4.99 Å². The third-order valence-electron chi connectivity index (χ3n) is 5.57. The summed E-state index contributed by atoms with van der Waals surface area (Å²) in [6, 6.07) is 4.82. The zero-order valence-corrected chi connectivity index (χ0v) is 21.8. The van der Waals surface area contributed by atoms with Gasteiger partial charge < -0.3 is 19.4 Å². The van der Waals surface area contributed by atoms with Crippen molar-refractivity contribution in [2.24, 2.45) is 12.0 Å². The van der Waals surface area contributed by atoms with Crippen molar-refractivity contribution in [2.75, 3.05) is 26.4 Å². The van der Waals surface area contributed by atoms with Crippen LogP contribution in [-0.4, -0.2) is 56.6 Å². The molecule has 0 atom stereocenters. The monoisotopic (exact) mass is 545 g/mol. The Morgan fingerprint density at radius 3 is 2.73 bits per heavy atom. The molecule has 1 N–H and O–H groups in total. The highest BCUT2D eigenvalue weighted by Crippen LogP contribution is 2.33. The summed E-state index contributed by atoms with van der Waals surface area (Å²) in [5.74, 6) is 2.08. The molecule has 0 aromatic carbocycles. The van der Waals surface area contributed by atoms with Gasteiger partial charge in [0.05, 0.1) is 6.54 Å². The first-order valence-corrected chi connectivity index (χ1v) is 11.9. The first-order chi connectivity index (χ1) is 14.1. The van der Waals surface area contributed by atoms with Crippen LogP contribution in [0.2, 0.25) is 0 Å². The number of nitrogens with zero attached hydrogens (tertiary/aromatic N) is 6. The summed E-state index contributed by atoms with van der Waals surface area (Å²) in [5, 5.41) is 13.4. The molecule has 1 aliphatic carbocycles. The molecular weight excluding hydrogens is 509 g/mol. The quantitative estimate of drug-likeness (QED) is 0.169. The zero-order chi connectivity index (χ0) is 20.6. The van der Waals surface area contributed by atoms with E-state index in [9.17, 15) is 0 Å². The Bertz CT molecular complexity index is 795. The number of guanidine groups is 1. The molecular formula is C21H36IN7S. The van der Waals surface area contributed by atoms with Crippen molar-refractivity contribution in [2.45, 2.75) is 63.2 Å². The smallest absolute Gasteiger partial charge is 0.194 e. The Morgan fingerprint density at radius 1 is 1.33 bits per heavy atom. The second-order valence-corrected chi connectivity index (χ2v) is 8.49. The van der Waals surface area contributed by atoms with Gasteiger partial charge >= 0.3 is 0 Å². The van der Waals surface area contributed by atoms with E-state index in [1.54, 1.807) is 11.8 Å². The molecule has 7 nitrogen and oxygen atoms in total. The Balaban J connectivity index is 0.00000320. The Morgan fingerprint density at radius 2 is 2.10 bits per heavy atom. The van der Waals surface area contributed by atoms with E-state index in [2.05, 4.69) is 75.2 Å². The molecule has 2 aromatic rings. The van der Waals surface area contributed by atoms with Gasteiger partial charge in [-0.25, -0.2) is 0 Å². The SMILES string of the molecule is CCNC(=NCCCc1nnc(SC)n1C1CCCC1)N(C)Cc1cccn1C.I. The van der Waals surface area contributed by atoms with E-state index in [0.29, 0.717) is 6.04 Å². The van der Waals surface area contributed by atoms with Crippen molar-refractivity contribution >= 4 is 41.7 Å². The minimum Gasteiger partial charge on any atom is -0.357 e. The molecule has 168 valence electrons. The first-order valence-electron chi connectivity index (χ1n) is 10.7. The van der Waals surface area contributed by atoms with E-state index in [1.807, 2.05) is 0 Å². The number of nitrogens with one attached hydrogen (secondary N) is 1. The fourth-order valence-electron chi connectivity index (χ4n) is 4.02. The van der Waals surface area contributed by atoms with Crippen molar-refractivity contribution in [3.05, 3.63) is 29.8 Å². The molecule has 0 radical (unpaired) electrons. The largest absolute Gasteiger partial charge is 0.357 e. The number of aryl methyl sites for hydroxylation is 2. The maximum Gasteiger partial charge on any atom is 0.194 e. The maximum atomic E-state index is 4.85. The highest BCUT2D eigenvalue weighted by Gasteiger charge is 2.23. The third-order valence-corrected chi connectivity index (χ3v) is 6.22. The fraction of sp³-hybridized carbons (Fsp3) is 0.667. The van der Waals surface area contributed by atoms with Crippen LogP contribution in [0.25, 0.3) is 0 Å². The molecule has 0 amide bonds. The van der Waals surface area contributed by atoms with E-state index < -0.39 is 0 Å². The summed E-state index contributed by atoms with van der Waals surface area (Å²) in [6.45, 7) is 4.59. The van der Waals surface area contributed by atoms with Crippen molar-refractivity contribution in [3.8, 4) is 0 Å². The lowest BCUT2D eigenvalue weighted by molar-refractivity contribution is 0.457. The summed E-state index contributed by atoms with van der Waals surface area (Å²) >= 11 is 1.70. The van der Waals surface area contributed by atoms with Crippen LogP contribution < -0.4 is 5.32 Å². The molecule has 30 heavy (non-hydrogen) atoms. The molecule has 1 fully saturated rings. The van der Waals surface area contributed by atoms with Crippen molar-refractivity contribution in [1.29, 1.82) is 0 Å². The predicted molar refractivity (Wildman–Crippen MR) is 136 cm³/mol. The van der Waals surface area contributed by atoms with Gasteiger partial charge in [-0.1, -0.05) is 24.6 Å². The van der Waals surface area contributed by atoms with Crippen LogP contribution in [0, 0.1) is 0 Å². The molecule has 2 heterocycles. The summed E-state index contributed by atoms with van der Waals surface area (Å²) < 4.78 is 4.55. The predicted octanol–water partition coefficient (Wildman–Crippen LogP) is 4.10. The van der Waals surface area contributed by atoms with Crippen LogP contribution in [-0.2, 0) is 20.0 Å². The summed E-state index contributed by atoms with van der Waals surface area (Å²) in [4.78, 5) is 7.04. The Kier molecular flexibility index (Phi) is 10.5. The molecule has 0 spiro atoms. The highest BCUT2D eigenvalue weighted by atomic mass is 127. The molecule has 9 heteroatoms. The van der Waals surface area contributed by atoms with E-state index in [1.165, 1.54) is 31.4 Å². The van der Waals surface area contributed by atoms with Gasteiger partial charge in [0, 0.05) is 51.5 Å². The average Bonchev–Trinajstić information content (AvgIpc) is 3.45. The van der Waals surface area contributed by atoms with Crippen LogP contribution in [0.5, 0.6) is 0 Å². The first kappa shape index (κ1) is 25.0. The van der Waals surface area contributed by atoms with Crippen molar-refractivity contribution in [3.63, 3.8) is 0 Å². The maximum absolute atomic E-state index is 4.85. The minimum absolute atomic E-state index is 0. The summed E-state index contributed by atoms with van der Waals surface area (Å²) in [7, 11) is 4.17. The fourth-order valence-corrected chi connectivity index (χ4v) is 4.59. The summed E-state index contributed by atoms with van der Waals surface area (Å²) in [6.07, 6.45) is 11.2. The van der Waals surface area contributed by atoms with Gasteiger partial charge in [0.2, 0.25) is 0 Å². The number of thioether (sulfide) groups is 1. The molecule has 2 aromatic heterocycles. The molecule has 0 saturated heterocycles. The molecule has 0 aliphatic heterocycles. The standard InChI is InChI=1S/C21H35N7S.HI/c1-5-22-20(27(3)16-18-12-9-15-26(18)2)23-14-8-13-19-24-25-21(29-4)28(19)17-10-6-7-11-17;/h9,12,15,17H,5-8,10-11,13-14,16H2,1-4H3,(H,22,23);1H. The van der Waals surface area contributed by atoms with Crippen LogP contribution >= 0.6 is 35.7 Å². The molecule has 1 aliphatic rings. The van der Waals surface area contributed by atoms with Gasteiger partial charge in [-0.15, -0.1) is 34.2 Å². The average molecular weight is 546 g/mol. The number of aromatic nitrogens is 4. The van der Waals surface area contributed by atoms with Crippen LogP contribution in [0.3, 0.4) is 0 Å². The lowest BCUT2D eigenvalue weighted by atomic mass is 10.2. The normalized spacial score (nSPS) is 14.7. The van der Waals surface area contributed by atoms with Gasteiger partial charge in [-0.3, -0.25) is 4.99 Å². The topological polar surface area (TPSA) is 63.3 Å². The minimum atomic E-state index is 0. The Hall–Kier alpha value is -1.23. The lowest BCUT2D eigenvalue weighted by Crippen LogP contribution is -2.38. The molecule has 1 saturated carbocycles. The third kappa shape index (κ3) is 6.38. The summed E-state index contributed by atoms with van der Waals surface area (Å²) in [5.41, 5.74) is 1.27. The molecule has 0 unspecified atom stereocenters. The van der Waals surface area contributed by atoms with Crippen LogP contribution in [0.1, 0.15) is 56.6 Å². The second-order valence-electron chi connectivity index (χ2n) is 7.72. The van der Waals surface area contributed by atoms with E-state index in [0.717, 1.165) is 49.4 Å². The number of rotatable bonds is 9. The number of aliphatic imine (C=N–C) groups is 1. The molecule has 3 rings (SSSR count).